The van der Waals surface area contributed by atoms with E-state index in [9.17, 15) is 0 Å². The van der Waals surface area contributed by atoms with Crippen LogP contribution in [0, 0.1) is 0 Å². The van der Waals surface area contributed by atoms with E-state index in [1.54, 1.807) is 0 Å². The zero-order chi connectivity index (χ0) is 18.6. The van der Waals surface area contributed by atoms with Crippen molar-refractivity contribution in [3.8, 4) is 11.3 Å². The first-order valence-electron chi connectivity index (χ1n) is 9.80. The first-order valence-corrected chi connectivity index (χ1v) is 9.80. The van der Waals surface area contributed by atoms with E-state index in [4.69, 9.17) is 4.98 Å². The van der Waals surface area contributed by atoms with Gasteiger partial charge in [0.25, 0.3) is 0 Å². The Morgan fingerprint density at radius 1 is 0.889 bits per heavy atom. The minimum atomic E-state index is 0.122. The summed E-state index contributed by atoms with van der Waals surface area (Å²) in [5, 5.41) is 6.19. The van der Waals surface area contributed by atoms with Crippen molar-refractivity contribution < 1.29 is 0 Å². The number of nitrogens with zero attached hydrogens (tertiary/aromatic N) is 1. The van der Waals surface area contributed by atoms with E-state index in [2.05, 4.69) is 98.1 Å². The fourth-order valence-corrected chi connectivity index (χ4v) is 3.74. The third-order valence-corrected chi connectivity index (χ3v) is 4.99. The quantitative estimate of drug-likeness (QED) is 0.588. The molecule has 1 unspecified atom stereocenters. The highest BCUT2D eigenvalue weighted by Crippen LogP contribution is 2.30. The smallest absolute Gasteiger partial charge is 0.0750 e. The lowest BCUT2D eigenvalue weighted by Gasteiger charge is -2.24. The summed E-state index contributed by atoms with van der Waals surface area (Å²) in [5.74, 6) is 0. The molecule has 0 spiro atoms. The van der Waals surface area contributed by atoms with Gasteiger partial charge in [-0.1, -0.05) is 66.8 Å². The minimum Gasteiger partial charge on any atom is -0.303 e. The maximum Gasteiger partial charge on any atom is 0.0750 e. The predicted octanol–water partition coefficient (Wildman–Crippen LogP) is 6.22. The molecule has 27 heavy (non-hydrogen) atoms. The molecule has 2 heteroatoms. The van der Waals surface area contributed by atoms with Gasteiger partial charge < -0.3 is 5.32 Å². The third-order valence-electron chi connectivity index (χ3n) is 4.99. The topological polar surface area (TPSA) is 24.9 Å². The van der Waals surface area contributed by atoms with E-state index in [-0.39, 0.29) is 6.04 Å². The summed E-state index contributed by atoms with van der Waals surface area (Å²) in [6, 6.07) is 21.8. The van der Waals surface area contributed by atoms with Crippen molar-refractivity contribution in [2.24, 2.45) is 0 Å². The molecule has 0 fully saturated rings. The van der Waals surface area contributed by atoms with Crippen molar-refractivity contribution in [2.75, 3.05) is 0 Å². The number of hydrogen-bond acceptors (Lipinski definition) is 2. The highest BCUT2D eigenvalue weighted by molar-refractivity contribution is 5.95. The van der Waals surface area contributed by atoms with E-state index < -0.39 is 0 Å². The van der Waals surface area contributed by atoms with Crippen molar-refractivity contribution in [3.63, 3.8) is 0 Å². The molecule has 2 nitrogen and oxygen atoms in total. The van der Waals surface area contributed by atoms with E-state index >= 15 is 0 Å². The van der Waals surface area contributed by atoms with Gasteiger partial charge in [0.05, 0.1) is 17.4 Å². The number of aromatic nitrogens is 1. The van der Waals surface area contributed by atoms with Gasteiger partial charge in [0, 0.05) is 11.6 Å². The normalized spacial score (nSPS) is 15.1. The highest BCUT2D eigenvalue weighted by atomic mass is 15.0. The summed E-state index contributed by atoms with van der Waals surface area (Å²) in [6.07, 6.45) is 9.08. The number of allylic oxidation sites excluding steroid dienone is 2. The molecule has 136 valence electrons. The number of fused-ring (bicyclic) bond motifs is 1. The van der Waals surface area contributed by atoms with Crippen LogP contribution in [0.25, 0.3) is 22.0 Å². The average molecular weight is 354 g/mol. The van der Waals surface area contributed by atoms with Gasteiger partial charge in [-0.05, 0) is 55.2 Å². The van der Waals surface area contributed by atoms with Gasteiger partial charge >= 0.3 is 0 Å². The van der Waals surface area contributed by atoms with Gasteiger partial charge in [-0.2, -0.15) is 0 Å². The Morgan fingerprint density at radius 3 is 2.52 bits per heavy atom. The lowest BCUT2D eigenvalue weighted by atomic mass is 9.96. The van der Waals surface area contributed by atoms with Crippen LogP contribution in [0.1, 0.15) is 38.4 Å². The molecule has 4 rings (SSSR count). The molecule has 0 saturated heterocycles. The highest BCUT2D eigenvalue weighted by Gasteiger charge is 2.19. The van der Waals surface area contributed by atoms with Gasteiger partial charge in [0.15, 0.2) is 0 Å². The fourth-order valence-electron chi connectivity index (χ4n) is 3.74. The van der Waals surface area contributed by atoms with Crippen LogP contribution in [0.2, 0.25) is 0 Å². The molecule has 0 radical (unpaired) electrons. The first kappa shape index (κ1) is 17.7. The second-order valence-corrected chi connectivity index (χ2v) is 7.41. The van der Waals surface area contributed by atoms with Crippen molar-refractivity contribution in [1.82, 2.24) is 10.3 Å². The third kappa shape index (κ3) is 3.86. The Labute approximate surface area is 161 Å². The predicted molar refractivity (Wildman–Crippen MR) is 115 cm³/mol. The summed E-state index contributed by atoms with van der Waals surface area (Å²) < 4.78 is 0. The van der Waals surface area contributed by atoms with Crippen LogP contribution >= 0.6 is 0 Å². The molecule has 1 atom stereocenters. The van der Waals surface area contributed by atoms with E-state index in [0.717, 1.165) is 24.2 Å². The summed E-state index contributed by atoms with van der Waals surface area (Å²) in [4.78, 5) is 5.08. The summed E-state index contributed by atoms with van der Waals surface area (Å²) in [5.41, 5.74) is 4.61. The number of hydrogen-bond donors (Lipinski definition) is 1. The molecule has 1 heterocycles. The van der Waals surface area contributed by atoms with E-state index in [1.807, 2.05) is 0 Å². The maximum absolute atomic E-state index is 5.08. The Kier molecular flexibility index (Phi) is 5.17. The number of rotatable bonds is 5. The molecular weight excluding hydrogens is 328 g/mol. The minimum absolute atomic E-state index is 0.122. The molecular formula is C25H26N2. The van der Waals surface area contributed by atoms with Gasteiger partial charge in [-0.25, -0.2) is 0 Å². The Hall–Kier alpha value is -2.71. The fraction of sp³-hybridized carbons (Fsp3) is 0.240. The van der Waals surface area contributed by atoms with Crippen LogP contribution in [0.5, 0.6) is 0 Å². The standard InChI is InChI=1S/C25H26N2/c1-18(2)26-25(20-11-4-3-5-12-20)24-17-9-16-23(27-24)22-15-8-13-19-10-6-7-14-21(19)22/h4,6-18,25-26H,3,5H2,1-2H3. The van der Waals surface area contributed by atoms with Crippen molar-refractivity contribution >= 4 is 10.8 Å². The van der Waals surface area contributed by atoms with Crippen LogP contribution in [0.4, 0.5) is 0 Å². The van der Waals surface area contributed by atoms with Crippen molar-refractivity contribution in [1.29, 1.82) is 0 Å². The lowest BCUT2D eigenvalue weighted by Crippen LogP contribution is -2.30. The Bertz CT molecular complexity index is 993. The van der Waals surface area contributed by atoms with E-state index in [1.165, 1.54) is 21.9 Å². The van der Waals surface area contributed by atoms with Crippen LogP contribution in [-0.4, -0.2) is 11.0 Å². The summed E-state index contributed by atoms with van der Waals surface area (Å²) in [7, 11) is 0. The monoisotopic (exact) mass is 354 g/mol. The van der Waals surface area contributed by atoms with Crippen LogP contribution < -0.4 is 5.32 Å². The number of nitrogens with one attached hydrogen (secondary N) is 1. The zero-order valence-electron chi connectivity index (χ0n) is 16.0. The van der Waals surface area contributed by atoms with Crippen molar-refractivity contribution in [3.05, 3.63) is 90.2 Å². The molecule has 1 aliphatic carbocycles. The molecule has 0 amide bonds. The van der Waals surface area contributed by atoms with Crippen LogP contribution in [0.3, 0.4) is 0 Å². The Balaban J connectivity index is 1.78. The summed E-state index contributed by atoms with van der Waals surface area (Å²) >= 11 is 0. The molecule has 1 aromatic heterocycles. The number of pyridine rings is 1. The Morgan fingerprint density at radius 2 is 1.70 bits per heavy atom. The molecule has 1 aliphatic rings. The second-order valence-electron chi connectivity index (χ2n) is 7.41. The van der Waals surface area contributed by atoms with Crippen LogP contribution in [-0.2, 0) is 0 Å². The average Bonchev–Trinajstić information content (AvgIpc) is 2.72. The largest absolute Gasteiger partial charge is 0.303 e. The zero-order valence-corrected chi connectivity index (χ0v) is 16.0. The summed E-state index contributed by atoms with van der Waals surface area (Å²) in [6.45, 7) is 4.38. The van der Waals surface area contributed by atoms with Gasteiger partial charge in [-0.15, -0.1) is 0 Å². The van der Waals surface area contributed by atoms with Crippen molar-refractivity contribution in [2.45, 2.75) is 38.8 Å². The lowest BCUT2D eigenvalue weighted by molar-refractivity contribution is 0.517. The van der Waals surface area contributed by atoms with E-state index in [0.29, 0.717) is 6.04 Å². The molecule has 0 aliphatic heterocycles. The molecule has 0 bridgehead atoms. The molecule has 3 aromatic rings. The molecule has 0 saturated carbocycles. The van der Waals surface area contributed by atoms with Gasteiger partial charge in [-0.3, -0.25) is 4.98 Å². The van der Waals surface area contributed by atoms with Gasteiger partial charge in [0.1, 0.15) is 0 Å². The SMILES string of the molecule is CC(C)NC(C1=CCCC=C1)c1cccc(-c2cccc3ccccc23)n1. The first-order chi connectivity index (χ1) is 13.2. The second kappa shape index (κ2) is 7.89. The molecule has 2 aromatic carbocycles. The van der Waals surface area contributed by atoms with Crippen LogP contribution in [0.15, 0.2) is 84.5 Å². The molecule has 1 N–H and O–H groups in total. The maximum atomic E-state index is 5.08. The number of benzene rings is 2. The van der Waals surface area contributed by atoms with Gasteiger partial charge in [0.2, 0.25) is 0 Å².